The molecule has 118 valence electrons. The van der Waals surface area contributed by atoms with Gasteiger partial charge in [-0.3, -0.25) is 0 Å². The van der Waals surface area contributed by atoms with Crippen LogP contribution in [-0.4, -0.2) is 5.55 Å². The monoisotopic (exact) mass is 398 g/mol. The Hall–Kier alpha value is -1.73. The van der Waals surface area contributed by atoms with Gasteiger partial charge in [0.1, 0.15) is 0 Å². The van der Waals surface area contributed by atoms with Crippen LogP contribution in [0, 0.1) is 0 Å². The van der Waals surface area contributed by atoms with Crippen molar-refractivity contribution in [2.75, 3.05) is 0 Å². The quantitative estimate of drug-likeness (QED) is 0.597. The molecule has 2 nitrogen and oxygen atoms in total. The third kappa shape index (κ3) is 3.97. The van der Waals surface area contributed by atoms with Crippen molar-refractivity contribution in [1.29, 1.82) is 0 Å². The molecule has 0 saturated carbocycles. The van der Waals surface area contributed by atoms with Crippen LogP contribution in [0.1, 0.15) is 11.1 Å². The topological polar surface area (TPSA) is 24.7 Å². The Bertz CT molecular complexity index is 807. The van der Waals surface area contributed by atoms with Crippen LogP contribution in [0.3, 0.4) is 0 Å². The van der Waals surface area contributed by atoms with Gasteiger partial charge in [-0.1, -0.05) is 28.1 Å². The van der Waals surface area contributed by atoms with E-state index < -0.39 is 22.4 Å². The highest BCUT2D eigenvalue weighted by atomic mass is 79.9. The normalized spacial score (nSPS) is 17.6. The number of hydrogen-bond acceptors (Lipinski definition) is 2. The van der Waals surface area contributed by atoms with E-state index in [1.54, 1.807) is 5.55 Å². The van der Waals surface area contributed by atoms with Crippen molar-refractivity contribution in [3.05, 3.63) is 69.5 Å². The summed E-state index contributed by atoms with van der Waals surface area (Å²) in [5.41, 5.74) is 3.32. The molecule has 1 aliphatic rings. The van der Waals surface area contributed by atoms with Crippen LogP contribution in [0.2, 0.25) is 0 Å². The fourth-order valence-corrected chi connectivity index (χ4v) is 3.37. The summed E-state index contributed by atoms with van der Waals surface area (Å²) in [4.78, 5) is 4.33. The molecule has 0 radical (unpaired) electrons. The lowest BCUT2D eigenvalue weighted by molar-refractivity contribution is -0.137. The van der Waals surface area contributed by atoms with Crippen molar-refractivity contribution in [1.82, 2.24) is 0 Å². The fraction of sp³-hybridized carbons (Fsp3) is 0.0625. The lowest BCUT2D eigenvalue weighted by atomic mass is 10.2. The molecular formula is C16H10BrF3N2S. The summed E-state index contributed by atoms with van der Waals surface area (Å²) in [6, 6.07) is 12.6. The average Bonchev–Trinajstić information content (AvgIpc) is 2.96. The number of rotatable bonds is 2. The van der Waals surface area contributed by atoms with Crippen molar-refractivity contribution in [2.45, 2.75) is 6.18 Å². The number of alkyl halides is 3. The van der Waals surface area contributed by atoms with E-state index in [2.05, 4.69) is 25.3 Å². The SMILES string of the molecule is FC(F)(F)c1ccc(N=S2C=NC(c3ccc(Br)cc3)=C2)cc1. The fourth-order valence-electron chi connectivity index (χ4n) is 1.93. The molecular weight excluding hydrogens is 389 g/mol. The highest BCUT2D eigenvalue weighted by Crippen LogP contribution is 2.31. The van der Waals surface area contributed by atoms with Crippen LogP contribution in [0.5, 0.6) is 0 Å². The third-order valence-electron chi connectivity index (χ3n) is 3.08. The van der Waals surface area contributed by atoms with E-state index in [1.165, 1.54) is 12.1 Å². The number of nitrogens with zero attached hydrogens (tertiary/aromatic N) is 2. The Morgan fingerprint density at radius 2 is 1.61 bits per heavy atom. The van der Waals surface area contributed by atoms with Gasteiger partial charge in [0.25, 0.3) is 0 Å². The van der Waals surface area contributed by atoms with E-state index in [4.69, 9.17) is 0 Å². The zero-order valence-corrected chi connectivity index (χ0v) is 14.0. The second-order valence-electron chi connectivity index (χ2n) is 4.73. The van der Waals surface area contributed by atoms with Crippen molar-refractivity contribution < 1.29 is 13.2 Å². The molecule has 0 aromatic heterocycles. The average molecular weight is 399 g/mol. The maximum atomic E-state index is 12.5. The smallest absolute Gasteiger partial charge is 0.247 e. The summed E-state index contributed by atoms with van der Waals surface area (Å²) >= 11 is 3.38. The Kier molecular flexibility index (Phi) is 4.50. The Morgan fingerprint density at radius 3 is 2.22 bits per heavy atom. The van der Waals surface area contributed by atoms with Gasteiger partial charge in [-0.15, -0.1) is 0 Å². The molecule has 2 aromatic carbocycles. The highest BCUT2D eigenvalue weighted by Gasteiger charge is 2.29. The molecule has 1 unspecified atom stereocenters. The molecule has 0 N–H and O–H groups in total. The van der Waals surface area contributed by atoms with E-state index in [9.17, 15) is 13.2 Å². The maximum absolute atomic E-state index is 12.5. The maximum Gasteiger partial charge on any atom is 0.416 e. The number of halogens is 4. The van der Waals surface area contributed by atoms with Crippen LogP contribution < -0.4 is 0 Å². The van der Waals surface area contributed by atoms with Gasteiger partial charge in [-0.2, -0.15) is 13.2 Å². The molecule has 1 heterocycles. The first kappa shape index (κ1) is 16.1. The van der Waals surface area contributed by atoms with Crippen LogP contribution in [0.4, 0.5) is 18.9 Å². The van der Waals surface area contributed by atoms with E-state index in [1.807, 2.05) is 29.7 Å². The molecule has 0 aliphatic carbocycles. The van der Waals surface area contributed by atoms with Crippen molar-refractivity contribution in [3.63, 3.8) is 0 Å². The molecule has 0 saturated heterocycles. The lowest BCUT2D eigenvalue weighted by Crippen LogP contribution is -2.03. The highest BCUT2D eigenvalue weighted by molar-refractivity contribution is 9.10. The molecule has 1 aliphatic heterocycles. The molecule has 1 atom stereocenters. The van der Waals surface area contributed by atoms with Gasteiger partial charge in [0.2, 0.25) is 0 Å². The molecule has 7 heteroatoms. The molecule has 0 fully saturated rings. The zero-order chi connectivity index (χ0) is 16.4. The first-order valence-electron chi connectivity index (χ1n) is 6.55. The standard InChI is InChI=1S/C16H10BrF3N2S/c17-13-5-1-11(2-6-13)15-9-23(10-21-15)22-14-7-3-12(4-8-14)16(18,19)20/h1-10H. The van der Waals surface area contributed by atoms with E-state index >= 15 is 0 Å². The van der Waals surface area contributed by atoms with Gasteiger partial charge < -0.3 is 0 Å². The second-order valence-corrected chi connectivity index (χ2v) is 6.97. The molecule has 23 heavy (non-hydrogen) atoms. The van der Waals surface area contributed by atoms with Crippen LogP contribution in [-0.2, 0) is 16.9 Å². The first-order chi connectivity index (χ1) is 10.9. The predicted octanol–water partition coefficient (Wildman–Crippen LogP) is 5.94. The minimum Gasteiger partial charge on any atom is -0.247 e. The van der Waals surface area contributed by atoms with Crippen LogP contribution in [0.15, 0.2) is 67.8 Å². The molecule has 0 amide bonds. The van der Waals surface area contributed by atoms with Gasteiger partial charge in [-0.05, 0) is 47.1 Å². The number of hydrogen-bond donors (Lipinski definition) is 0. The molecule has 3 rings (SSSR count). The largest absolute Gasteiger partial charge is 0.416 e. The summed E-state index contributed by atoms with van der Waals surface area (Å²) in [5, 5.41) is 1.90. The first-order valence-corrected chi connectivity index (χ1v) is 8.65. The molecule has 2 aromatic rings. The van der Waals surface area contributed by atoms with Gasteiger partial charge in [0.05, 0.1) is 22.5 Å². The number of aliphatic imine (C=N–C) groups is 1. The van der Waals surface area contributed by atoms with Gasteiger partial charge >= 0.3 is 6.18 Å². The summed E-state index contributed by atoms with van der Waals surface area (Å²) < 4.78 is 43.0. The molecule has 0 spiro atoms. The Morgan fingerprint density at radius 1 is 0.957 bits per heavy atom. The predicted molar refractivity (Wildman–Crippen MR) is 91.5 cm³/mol. The Labute approximate surface area is 142 Å². The van der Waals surface area contributed by atoms with Gasteiger partial charge in [0.15, 0.2) is 0 Å². The summed E-state index contributed by atoms with van der Waals surface area (Å²) in [7, 11) is -0.564. The summed E-state index contributed by atoms with van der Waals surface area (Å²) in [6.07, 6.45) is -4.33. The van der Waals surface area contributed by atoms with E-state index in [0.717, 1.165) is 27.9 Å². The zero-order valence-electron chi connectivity index (χ0n) is 11.6. The second kappa shape index (κ2) is 6.41. The van der Waals surface area contributed by atoms with Crippen LogP contribution in [0.25, 0.3) is 5.70 Å². The van der Waals surface area contributed by atoms with E-state index in [-0.39, 0.29) is 0 Å². The van der Waals surface area contributed by atoms with Gasteiger partial charge in [0, 0.05) is 15.4 Å². The van der Waals surface area contributed by atoms with Crippen molar-refractivity contribution in [2.24, 2.45) is 9.36 Å². The van der Waals surface area contributed by atoms with Crippen molar-refractivity contribution in [3.8, 4) is 0 Å². The molecule has 0 bridgehead atoms. The lowest BCUT2D eigenvalue weighted by Gasteiger charge is -2.05. The van der Waals surface area contributed by atoms with Crippen molar-refractivity contribution >= 4 is 43.6 Å². The number of benzene rings is 2. The van der Waals surface area contributed by atoms with Crippen LogP contribution >= 0.6 is 15.9 Å². The Balaban J connectivity index is 1.82. The summed E-state index contributed by atoms with van der Waals surface area (Å²) in [5.74, 6) is 0. The summed E-state index contributed by atoms with van der Waals surface area (Å²) in [6.45, 7) is 0. The minimum atomic E-state index is -4.33. The minimum absolute atomic E-state index is 0.501. The van der Waals surface area contributed by atoms with E-state index in [0.29, 0.717) is 5.69 Å². The van der Waals surface area contributed by atoms with Gasteiger partial charge in [-0.25, -0.2) is 9.36 Å². The third-order valence-corrected chi connectivity index (χ3v) is 4.81.